The van der Waals surface area contributed by atoms with E-state index in [1.54, 1.807) is 19.3 Å². The molecule has 19 heavy (non-hydrogen) atoms. The number of nitrogens with zero attached hydrogens (tertiary/aromatic N) is 1. The molecule has 1 aliphatic heterocycles. The Kier molecular flexibility index (Phi) is 2.97. The number of rotatable bonds is 2. The van der Waals surface area contributed by atoms with Crippen molar-refractivity contribution in [2.24, 2.45) is 17.8 Å². The van der Waals surface area contributed by atoms with Gasteiger partial charge >= 0.3 is 0 Å². The number of nitrogens with one attached hydrogen (secondary N) is 1. The highest BCUT2D eigenvalue weighted by molar-refractivity contribution is 5.09. The van der Waals surface area contributed by atoms with Crippen LogP contribution in [0, 0.1) is 17.8 Å². The molecule has 0 radical (unpaired) electrons. The van der Waals surface area contributed by atoms with E-state index in [1.165, 1.54) is 38.6 Å². The van der Waals surface area contributed by atoms with Crippen molar-refractivity contribution < 1.29 is 0 Å². The summed E-state index contributed by atoms with van der Waals surface area (Å²) >= 11 is 0. The fourth-order valence-corrected chi connectivity index (χ4v) is 6.56. The molecule has 0 aromatic heterocycles. The Balaban J connectivity index is 1.55. The molecule has 5 fully saturated rings. The van der Waals surface area contributed by atoms with Crippen LogP contribution in [0.15, 0.2) is 0 Å². The second-order valence-electron chi connectivity index (χ2n) is 8.19. The van der Waals surface area contributed by atoms with Crippen molar-refractivity contribution >= 4 is 0 Å². The molecule has 4 saturated carbocycles. The summed E-state index contributed by atoms with van der Waals surface area (Å²) in [6, 6.07) is 1.56. The molecule has 5 aliphatic rings. The lowest BCUT2D eigenvalue weighted by Gasteiger charge is -2.63. The number of likely N-dealkylation sites (tertiary alicyclic amines) is 1. The van der Waals surface area contributed by atoms with Gasteiger partial charge in [-0.2, -0.15) is 0 Å². The Morgan fingerprint density at radius 3 is 2.00 bits per heavy atom. The fraction of sp³-hybridized carbons (Fsp3) is 1.00. The molecule has 1 saturated heterocycles. The molecule has 0 amide bonds. The van der Waals surface area contributed by atoms with Gasteiger partial charge in [-0.1, -0.05) is 0 Å². The van der Waals surface area contributed by atoms with Crippen LogP contribution < -0.4 is 5.32 Å². The van der Waals surface area contributed by atoms with Gasteiger partial charge in [0.25, 0.3) is 0 Å². The first-order valence-corrected chi connectivity index (χ1v) is 8.62. The van der Waals surface area contributed by atoms with Gasteiger partial charge in [-0.05, 0) is 83.1 Å². The van der Waals surface area contributed by atoms with E-state index < -0.39 is 0 Å². The van der Waals surface area contributed by atoms with E-state index in [9.17, 15) is 0 Å². The molecule has 4 bridgehead atoms. The van der Waals surface area contributed by atoms with E-state index in [0.29, 0.717) is 5.54 Å². The van der Waals surface area contributed by atoms with Crippen LogP contribution >= 0.6 is 0 Å². The summed E-state index contributed by atoms with van der Waals surface area (Å²) in [4.78, 5) is 2.96. The van der Waals surface area contributed by atoms with Gasteiger partial charge in [0.1, 0.15) is 0 Å². The zero-order valence-electron chi connectivity index (χ0n) is 12.7. The molecule has 4 aliphatic carbocycles. The average molecular weight is 262 g/mol. The van der Waals surface area contributed by atoms with E-state index in [1.807, 2.05) is 0 Å². The van der Waals surface area contributed by atoms with Crippen molar-refractivity contribution in [2.75, 3.05) is 13.6 Å². The van der Waals surface area contributed by atoms with Gasteiger partial charge in [-0.3, -0.25) is 4.90 Å². The van der Waals surface area contributed by atoms with E-state index in [2.05, 4.69) is 24.2 Å². The summed E-state index contributed by atoms with van der Waals surface area (Å²) in [5.41, 5.74) is 0.632. The molecule has 0 aromatic rings. The quantitative estimate of drug-likeness (QED) is 0.823. The van der Waals surface area contributed by atoms with Crippen LogP contribution in [0.4, 0.5) is 0 Å². The fourth-order valence-electron chi connectivity index (χ4n) is 6.56. The third-order valence-electron chi connectivity index (χ3n) is 6.90. The summed E-state index contributed by atoms with van der Waals surface area (Å²) in [6.45, 7) is 3.83. The summed E-state index contributed by atoms with van der Waals surface area (Å²) in [6.07, 6.45) is 12.0. The summed E-state index contributed by atoms with van der Waals surface area (Å²) in [5.74, 6) is 3.25. The van der Waals surface area contributed by atoms with E-state index in [4.69, 9.17) is 0 Å². The SMILES string of the molecule is CNC1CCN(C23CC4CC(CC(C4)C2)C3)C(C)C1. The van der Waals surface area contributed by atoms with E-state index in [0.717, 1.165) is 29.8 Å². The van der Waals surface area contributed by atoms with Crippen molar-refractivity contribution in [2.45, 2.75) is 75.9 Å². The van der Waals surface area contributed by atoms with Crippen LogP contribution in [-0.4, -0.2) is 36.1 Å². The minimum Gasteiger partial charge on any atom is -0.317 e. The van der Waals surface area contributed by atoms with Crippen LogP contribution in [0.25, 0.3) is 0 Å². The Bertz CT molecular complexity index is 316. The van der Waals surface area contributed by atoms with Gasteiger partial charge in [-0.25, -0.2) is 0 Å². The largest absolute Gasteiger partial charge is 0.317 e. The highest BCUT2D eigenvalue weighted by Gasteiger charge is 2.54. The minimum atomic E-state index is 0.632. The van der Waals surface area contributed by atoms with E-state index >= 15 is 0 Å². The molecular weight excluding hydrogens is 232 g/mol. The van der Waals surface area contributed by atoms with Gasteiger partial charge in [0.05, 0.1) is 0 Å². The molecule has 2 heteroatoms. The molecule has 1 heterocycles. The topological polar surface area (TPSA) is 15.3 Å². The maximum Gasteiger partial charge on any atom is 0.0220 e. The zero-order chi connectivity index (χ0) is 13.0. The Morgan fingerprint density at radius 1 is 0.947 bits per heavy atom. The van der Waals surface area contributed by atoms with Gasteiger partial charge in [-0.15, -0.1) is 0 Å². The van der Waals surface area contributed by atoms with Crippen LogP contribution in [0.5, 0.6) is 0 Å². The molecule has 5 rings (SSSR count). The molecular formula is C17H30N2. The van der Waals surface area contributed by atoms with Gasteiger partial charge < -0.3 is 5.32 Å². The summed E-state index contributed by atoms with van der Waals surface area (Å²) in [5, 5.41) is 3.50. The highest BCUT2D eigenvalue weighted by atomic mass is 15.2. The maximum atomic E-state index is 3.50. The first-order chi connectivity index (χ1) is 9.18. The third-order valence-corrected chi connectivity index (χ3v) is 6.90. The van der Waals surface area contributed by atoms with Gasteiger partial charge in [0.2, 0.25) is 0 Å². The summed E-state index contributed by atoms with van der Waals surface area (Å²) < 4.78 is 0. The Morgan fingerprint density at radius 2 is 1.53 bits per heavy atom. The maximum absolute atomic E-state index is 3.50. The van der Waals surface area contributed by atoms with Crippen LogP contribution in [-0.2, 0) is 0 Å². The van der Waals surface area contributed by atoms with Gasteiger partial charge in [0.15, 0.2) is 0 Å². The minimum absolute atomic E-state index is 0.632. The second kappa shape index (κ2) is 4.46. The lowest BCUT2D eigenvalue weighted by molar-refractivity contribution is -0.112. The summed E-state index contributed by atoms with van der Waals surface area (Å²) in [7, 11) is 2.14. The van der Waals surface area contributed by atoms with Crippen LogP contribution in [0.1, 0.15) is 58.3 Å². The third kappa shape index (κ3) is 1.98. The Labute approximate surface area is 118 Å². The monoisotopic (exact) mass is 262 g/mol. The van der Waals surface area contributed by atoms with Crippen molar-refractivity contribution in [3.63, 3.8) is 0 Å². The van der Waals surface area contributed by atoms with Crippen molar-refractivity contribution in [3.8, 4) is 0 Å². The van der Waals surface area contributed by atoms with Crippen LogP contribution in [0.2, 0.25) is 0 Å². The number of piperidine rings is 1. The molecule has 1 N–H and O–H groups in total. The molecule has 2 unspecified atom stereocenters. The smallest absolute Gasteiger partial charge is 0.0220 e. The number of hydrogen-bond acceptors (Lipinski definition) is 2. The zero-order valence-corrected chi connectivity index (χ0v) is 12.7. The van der Waals surface area contributed by atoms with Crippen molar-refractivity contribution in [1.29, 1.82) is 0 Å². The lowest BCUT2D eigenvalue weighted by Crippen LogP contribution is -2.64. The molecule has 2 nitrogen and oxygen atoms in total. The van der Waals surface area contributed by atoms with Gasteiger partial charge in [0, 0.05) is 24.2 Å². The molecule has 0 spiro atoms. The predicted octanol–water partition coefficient (Wildman–Crippen LogP) is 3.03. The lowest BCUT2D eigenvalue weighted by atomic mass is 9.52. The first kappa shape index (κ1) is 12.6. The Hall–Kier alpha value is -0.0800. The van der Waals surface area contributed by atoms with E-state index in [-0.39, 0.29) is 0 Å². The second-order valence-corrected chi connectivity index (χ2v) is 8.19. The predicted molar refractivity (Wildman–Crippen MR) is 79.2 cm³/mol. The molecule has 108 valence electrons. The number of hydrogen-bond donors (Lipinski definition) is 1. The highest BCUT2D eigenvalue weighted by Crippen LogP contribution is 2.58. The first-order valence-electron chi connectivity index (χ1n) is 8.62. The normalized spacial score (nSPS) is 53.7. The van der Waals surface area contributed by atoms with Crippen LogP contribution in [0.3, 0.4) is 0 Å². The molecule has 2 atom stereocenters. The average Bonchev–Trinajstić information content (AvgIpc) is 2.36. The standard InChI is InChI=1S/C17H30N2/c1-12-5-16(18-2)3-4-19(12)17-9-13-6-14(10-17)8-15(7-13)11-17/h12-16,18H,3-11H2,1-2H3. The molecule has 0 aromatic carbocycles. The van der Waals surface area contributed by atoms with Crippen molar-refractivity contribution in [3.05, 3.63) is 0 Å². The van der Waals surface area contributed by atoms with Crippen molar-refractivity contribution in [1.82, 2.24) is 10.2 Å².